The van der Waals surface area contributed by atoms with Gasteiger partial charge in [0.1, 0.15) is 0 Å². The number of hydrogen-bond donors (Lipinski definition) is 0. The molecule has 0 N–H and O–H groups in total. The summed E-state index contributed by atoms with van der Waals surface area (Å²) >= 11 is 5.86. The first-order valence-electron chi connectivity index (χ1n) is 6.09. The predicted molar refractivity (Wildman–Crippen MR) is 75.8 cm³/mol. The third-order valence-electron chi connectivity index (χ3n) is 3.39. The number of aromatic nitrogens is 1. The van der Waals surface area contributed by atoms with Crippen LogP contribution in [0.2, 0.25) is 5.02 Å². The van der Waals surface area contributed by atoms with E-state index in [1.807, 2.05) is 12.1 Å². The van der Waals surface area contributed by atoms with Crippen LogP contribution in [0.3, 0.4) is 0 Å². The molecule has 0 atom stereocenters. The van der Waals surface area contributed by atoms with E-state index in [2.05, 4.69) is 4.98 Å². The highest BCUT2D eigenvalue weighted by Gasteiger charge is 2.35. The molecule has 2 amide bonds. The highest BCUT2D eigenvalue weighted by atomic mass is 35.5. The summed E-state index contributed by atoms with van der Waals surface area (Å²) in [6.45, 7) is 1.74. The number of amides is 2. The molecule has 0 unspecified atom stereocenters. The van der Waals surface area contributed by atoms with Crippen LogP contribution in [0, 0.1) is 6.92 Å². The van der Waals surface area contributed by atoms with E-state index >= 15 is 0 Å². The number of carbonyl (C=O) groups excluding carboxylic acids is 2. The van der Waals surface area contributed by atoms with Crippen LogP contribution in [-0.4, -0.2) is 28.7 Å². The van der Waals surface area contributed by atoms with Crippen molar-refractivity contribution in [1.82, 2.24) is 9.88 Å². The Morgan fingerprint density at radius 2 is 1.75 bits per heavy atom. The molecule has 0 aliphatic carbocycles. The summed E-state index contributed by atoms with van der Waals surface area (Å²) in [5.74, 6) is -0.580. The van der Waals surface area contributed by atoms with Gasteiger partial charge in [-0.25, -0.2) is 0 Å². The molecule has 1 aliphatic heterocycles. The van der Waals surface area contributed by atoms with E-state index in [0.29, 0.717) is 27.5 Å². The van der Waals surface area contributed by atoms with Crippen LogP contribution >= 0.6 is 11.6 Å². The summed E-state index contributed by atoms with van der Waals surface area (Å²) in [5.41, 5.74) is 2.89. The zero-order valence-corrected chi connectivity index (χ0v) is 11.7. The summed E-state index contributed by atoms with van der Waals surface area (Å²) in [6.07, 6.45) is 0. The minimum absolute atomic E-state index is 0.286. The molecule has 0 spiro atoms. The molecule has 100 valence electrons. The lowest BCUT2D eigenvalue weighted by Crippen LogP contribution is -2.24. The summed E-state index contributed by atoms with van der Waals surface area (Å²) in [7, 11) is 1.48. The fourth-order valence-electron chi connectivity index (χ4n) is 2.32. The molecule has 0 fully saturated rings. The molecule has 3 rings (SSSR count). The third-order valence-corrected chi connectivity index (χ3v) is 3.65. The van der Waals surface area contributed by atoms with Gasteiger partial charge in [-0.2, -0.15) is 0 Å². The Morgan fingerprint density at radius 1 is 1.10 bits per heavy atom. The molecule has 2 aromatic rings. The van der Waals surface area contributed by atoms with Crippen LogP contribution in [0.1, 0.15) is 26.4 Å². The van der Waals surface area contributed by atoms with Gasteiger partial charge in [0.25, 0.3) is 11.8 Å². The first-order valence-corrected chi connectivity index (χ1v) is 6.47. The number of nitrogens with zero attached hydrogens (tertiary/aromatic N) is 2. The van der Waals surface area contributed by atoms with E-state index in [9.17, 15) is 9.59 Å². The zero-order chi connectivity index (χ0) is 14.4. The van der Waals surface area contributed by atoms with Crippen LogP contribution in [0.25, 0.3) is 11.3 Å². The smallest absolute Gasteiger partial charge is 0.263 e. The van der Waals surface area contributed by atoms with Crippen molar-refractivity contribution < 1.29 is 9.59 Å². The Bertz CT molecular complexity index is 738. The Balaban J connectivity index is 2.18. The maximum atomic E-state index is 12.1. The first-order chi connectivity index (χ1) is 9.49. The lowest BCUT2D eigenvalue weighted by molar-refractivity contribution is 0.0693. The molecule has 2 heterocycles. The van der Waals surface area contributed by atoms with Gasteiger partial charge in [-0.15, -0.1) is 0 Å². The second-order valence-electron chi connectivity index (χ2n) is 4.69. The second-order valence-corrected chi connectivity index (χ2v) is 5.13. The maximum absolute atomic E-state index is 12.1. The van der Waals surface area contributed by atoms with Crippen LogP contribution in [0.4, 0.5) is 0 Å². The second kappa shape index (κ2) is 4.42. The van der Waals surface area contributed by atoms with Crippen LogP contribution in [0.5, 0.6) is 0 Å². The van der Waals surface area contributed by atoms with Crippen LogP contribution in [0.15, 0.2) is 30.3 Å². The Kier molecular flexibility index (Phi) is 2.83. The summed E-state index contributed by atoms with van der Waals surface area (Å²) < 4.78 is 0. The quantitative estimate of drug-likeness (QED) is 0.757. The Labute approximate surface area is 121 Å². The monoisotopic (exact) mass is 286 g/mol. The van der Waals surface area contributed by atoms with Crippen molar-refractivity contribution in [3.63, 3.8) is 0 Å². The fourth-order valence-corrected chi connectivity index (χ4v) is 2.45. The van der Waals surface area contributed by atoms with E-state index in [1.165, 1.54) is 7.05 Å². The average molecular weight is 287 g/mol. The van der Waals surface area contributed by atoms with Crippen LogP contribution in [-0.2, 0) is 0 Å². The fraction of sp³-hybridized carbons (Fsp3) is 0.133. The Hall–Kier alpha value is -2.20. The number of benzene rings is 1. The van der Waals surface area contributed by atoms with E-state index in [1.54, 1.807) is 25.1 Å². The van der Waals surface area contributed by atoms with Crippen LogP contribution < -0.4 is 0 Å². The number of halogens is 1. The van der Waals surface area contributed by atoms with Crippen molar-refractivity contribution >= 4 is 23.4 Å². The molecule has 1 aliphatic rings. The number of hydrogen-bond acceptors (Lipinski definition) is 3. The van der Waals surface area contributed by atoms with Gasteiger partial charge in [0.05, 0.1) is 22.5 Å². The molecule has 0 bridgehead atoms. The average Bonchev–Trinajstić information content (AvgIpc) is 2.65. The lowest BCUT2D eigenvalue weighted by Gasteiger charge is -2.05. The molecule has 20 heavy (non-hydrogen) atoms. The zero-order valence-electron chi connectivity index (χ0n) is 11.0. The first kappa shape index (κ1) is 12.8. The lowest BCUT2D eigenvalue weighted by atomic mass is 10.0. The van der Waals surface area contributed by atoms with Gasteiger partial charge in [0, 0.05) is 17.6 Å². The summed E-state index contributed by atoms with van der Waals surface area (Å²) in [5, 5.41) is 0.637. The topological polar surface area (TPSA) is 50.3 Å². The predicted octanol–water partition coefficient (Wildman–Crippen LogP) is 2.94. The van der Waals surface area contributed by atoms with Crippen molar-refractivity contribution in [3.05, 3.63) is 52.2 Å². The highest BCUT2D eigenvalue weighted by Crippen LogP contribution is 2.28. The molecule has 5 heteroatoms. The minimum Gasteiger partial charge on any atom is -0.277 e. The minimum atomic E-state index is -0.294. The van der Waals surface area contributed by atoms with E-state index in [0.717, 1.165) is 10.5 Å². The number of rotatable bonds is 1. The number of fused-ring (bicyclic) bond motifs is 1. The number of carbonyl (C=O) groups is 2. The van der Waals surface area contributed by atoms with E-state index < -0.39 is 0 Å². The van der Waals surface area contributed by atoms with Gasteiger partial charge in [-0.05, 0) is 25.1 Å². The van der Waals surface area contributed by atoms with Gasteiger partial charge in [0.15, 0.2) is 0 Å². The number of aryl methyl sites for hydroxylation is 1. The largest absolute Gasteiger partial charge is 0.277 e. The van der Waals surface area contributed by atoms with Gasteiger partial charge in [-0.1, -0.05) is 23.7 Å². The molecule has 4 nitrogen and oxygen atoms in total. The molecule has 0 saturated heterocycles. The van der Waals surface area contributed by atoms with E-state index in [-0.39, 0.29) is 11.8 Å². The van der Waals surface area contributed by atoms with Gasteiger partial charge < -0.3 is 0 Å². The maximum Gasteiger partial charge on any atom is 0.263 e. The summed E-state index contributed by atoms with van der Waals surface area (Å²) in [4.78, 5) is 29.6. The molecular weight excluding hydrogens is 276 g/mol. The third kappa shape index (κ3) is 1.80. The van der Waals surface area contributed by atoms with Gasteiger partial charge in [0.2, 0.25) is 0 Å². The van der Waals surface area contributed by atoms with Gasteiger partial charge >= 0.3 is 0 Å². The number of pyridine rings is 1. The van der Waals surface area contributed by atoms with Crippen molar-refractivity contribution in [1.29, 1.82) is 0 Å². The van der Waals surface area contributed by atoms with Crippen molar-refractivity contribution in [3.8, 4) is 11.3 Å². The standard InChI is InChI=1S/C15H11ClN2O2/c1-8-13-11(14(19)18(2)15(13)20)7-12(17-8)9-3-5-10(16)6-4-9/h3-7H,1-2H3. The molecule has 0 radical (unpaired) electrons. The molecular formula is C15H11ClN2O2. The van der Waals surface area contributed by atoms with Crippen molar-refractivity contribution in [2.75, 3.05) is 7.05 Å². The normalized spacial score (nSPS) is 13.8. The summed E-state index contributed by atoms with van der Waals surface area (Å²) in [6, 6.07) is 8.86. The molecule has 1 aromatic carbocycles. The van der Waals surface area contributed by atoms with Gasteiger partial charge in [-0.3, -0.25) is 19.5 Å². The van der Waals surface area contributed by atoms with Crippen molar-refractivity contribution in [2.24, 2.45) is 0 Å². The molecule has 0 saturated carbocycles. The SMILES string of the molecule is Cc1nc(-c2ccc(Cl)cc2)cc2c1C(=O)N(C)C2=O. The van der Waals surface area contributed by atoms with E-state index in [4.69, 9.17) is 11.6 Å². The number of imide groups is 1. The Morgan fingerprint density at radius 3 is 2.40 bits per heavy atom. The van der Waals surface area contributed by atoms with Crippen molar-refractivity contribution in [2.45, 2.75) is 6.92 Å². The highest BCUT2D eigenvalue weighted by molar-refractivity contribution is 6.30. The molecule has 1 aromatic heterocycles.